The van der Waals surface area contributed by atoms with E-state index in [1.807, 2.05) is 0 Å². The molecule has 1 aliphatic heterocycles. The Morgan fingerprint density at radius 2 is 2.15 bits per heavy atom. The Labute approximate surface area is 120 Å². The lowest BCUT2D eigenvalue weighted by molar-refractivity contribution is 0.601. The monoisotopic (exact) mass is 295 g/mol. The molecule has 20 heavy (non-hydrogen) atoms. The maximum Gasteiger partial charge on any atom is 0.151 e. The molecule has 1 atom stereocenters. The first-order chi connectivity index (χ1) is 9.59. The minimum atomic E-state index is -2.89. The van der Waals surface area contributed by atoms with Crippen LogP contribution >= 0.6 is 0 Å². The van der Waals surface area contributed by atoms with Crippen molar-refractivity contribution in [2.75, 3.05) is 23.4 Å². The van der Waals surface area contributed by atoms with Crippen molar-refractivity contribution in [1.82, 2.24) is 9.97 Å². The normalized spacial score (nSPS) is 23.8. The predicted octanol–water partition coefficient (Wildman–Crippen LogP) is 1.69. The van der Waals surface area contributed by atoms with Crippen molar-refractivity contribution in [3.8, 4) is 0 Å². The molecule has 110 valence electrons. The summed E-state index contributed by atoms with van der Waals surface area (Å²) in [5, 5.41) is 3.38. The van der Waals surface area contributed by atoms with Gasteiger partial charge in [-0.15, -0.1) is 0 Å². The number of nitrogens with zero attached hydrogens (tertiary/aromatic N) is 2. The van der Waals surface area contributed by atoms with E-state index in [1.54, 1.807) is 0 Å². The van der Waals surface area contributed by atoms with Gasteiger partial charge < -0.3 is 5.32 Å². The molecule has 0 spiro atoms. The molecule has 0 saturated carbocycles. The van der Waals surface area contributed by atoms with Crippen molar-refractivity contribution >= 4 is 15.7 Å². The fourth-order valence-electron chi connectivity index (χ4n) is 3.02. The summed E-state index contributed by atoms with van der Waals surface area (Å²) in [6, 6.07) is 0. The van der Waals surface area contributed by atoms with Gasteiger partial charge in [0.2, 0.25) is 0 Å². The zero-order valence-corrected chi connectivity index (χ0v) is 12.7. The van der Waals surface area contributed by atoms with E-state index in [0.29, 0.717) is 6.42 Å². The van der Waals surface area contributed by atoms with E-state index in [0.717, 1.165) is 49.6 Å². The zero-order valence-electron chi connectivity index (χ0n) is 11.9. The Hall–Kier alpha value is -1.17. The smallest absolute Gasteiger partial charge is 0.151 e. The molecule has 0 radical (unpaired) electrons. The Bertz CT molecular complexity index is 613. The Morgan fingerprint density at radius 1 is 1.30 bits per heavy atom. The van der Waals surface area contributed by atoms with Crippen LogP contribution in [-0.2, 0) is 22.7 Å². The first-order valence-electron chi connectivity index (χ1n) is 7.43. The zero-order chi connectivity index (χ0) is 14.2. The molecular formula is C14H21N3O2S. The van der Waals surface area contributed by atoms with Crippen LogP contribution in [0.3, 0.4) is 0 Å². The van der Waals surface area contributed by atoms with Gasteiger partial charge in [-0.3, -0.25) is 0 Å². The molecule has 6 heteroatoms. The molecule has 1 fully saturated rings. The average Bonchev–Trinajstić information content (AvgIpc) is 3.01. The van der Waals surface area contributed by atoms with Crippen LogP contribution in [0.5, 0.6) is 0 Å². The number of rotatable bonds is 4. The Kier molecular flexibility index (Phi) is 3.67. The summed E-state index contributed by atoms with van der Waals surface area (Å²) < 4.78 is 23.3. The van der Waals surface area contributed by atoms with E-state index in [9.17, 15) is 8.42 Å². The highest BCUT2D eigenvalue weighted by Gasteiger charge is 2.32. The maximum atomic E-state index is 11.6. The minimum absolute atomic E-state index is 0.0203. The van der Waals surface area contributed by atoms with Gasteiger partial charge >= 0.3 is 0 Å². The quantitative estimate of drug-likeness (QED) is 0.915. The molecule has 1 N–H and O–H groups in total. The Morgan fingerprint density at radius 3 is 2.85 bits per heavy atom. The summed E-state index contributed by atoms with van der Waals surface area (Å²) in [5.74, 6) is 2.13. The highest BCUT2D eigenvalue weighted by molar-refractivity contribution is 7.91. The molecule has 1 saturated heterocycles. The highest BCUT2D eigenvalue weighted by Crippen LogP contribution is 2.32. The number of sulfone groups is 1. The topological polar surface area (TPSA) is 72.0 Å². The lowest BCUT2D eigenvalue weighted by Gasteiger charge is -2.14. The largest absolute Gasteiger partial charge is 0.370 e. The van der Waals surface area contributed by atoms with Crippen molar-refractivity contribution in [1.29, 1.82) is 0 Å². The van der Waals surface area contributed by atoms with E-state index in [2.05, 4.69) is 22.2 Å². The van der Waals surface area contributed by atoms with Gasteiger partial charge in [-0.25, -0.2) is 18.4 Å². The van der Waals surface area contributed by atoms with E-state index in [-0.39, 0.29) is 17.4 Å². The van der Waals surface area contributed by atoms with Crippen molar-refractivity contribution in [2.45, 2.75) is 44.9 Å². The summed E-state index contributed by atoms with van der Waals surface area (Å²) in [7, 11) is -2.89. The molecule has 2 aliphatic rings. The van der Waals surface area contributed by atoms with Crippen LogP contribution in [0.1, 0.15) is 49.2 Å². The Balaban J connectivity index is 1.92. The second-order valence-corrected chi connectivity index (χ2v) is 7.96. The van der Waals surface area contributed by atoms with Crippen molar-refractivity contribution in [3.05, 3.63) is 17.1 Å². The van der Waals surface area contributed by atoms with E-state index >= 15 is 0 Å². The highest BCUT2D eigenvalue weighted by atomic mass is 32.2. The third-order valence-corrected chi connectivity index (χ3v) is 5.86. The standard InChI is InChI=1S/C14H21N3O2S/c1-2-7-15-14-11-4-3-5-12(11)16-13(17-14)10-6-8-20(18,19)9-10/h10H,2-9H2,1H3,(H,15,16,17). The van der Waals surface area contributed by atoms with Gasteiger partial charge in [0.1, 0.15) is 11.6 Å². The molecule has 3 rings (SSSR count). The molecule has 2 heterocycles. The van der Waals surface area contributed by atoms with Crippen molar-refractivity contribution in [2.24, 2.45) is 0 Å². The molecule has 1 aliphatic carbocycles. The van der Waals surface area contributed by atoms with Gasteiger partial charge in [0.15, 0.2) is 9.84 Å². The minimum Gasteiger partial charge on any atom is -0.370 e. The van der Waals surface area contributed by atoms with Gasteiger partial charge in [-0.1, -0.05) is 6.92 Å². The number of fused-ring (bicyclic) bond motifs is 1. The van der Waals surface area contributed by atoms with Crippen LogP contribution in [0, 0.1) is 0 Å². The number of anilines is 1. The van der Waals surface area contributed by atoms with Gasteiger partial charge in [0.25, 0.3) is 0 Å². The molecule has 1 aromatic heterocycles. The van der Waals surface area contributed by atoms with E-state index in [4.69, 9.17) is 0 Å². The van der Waals surface area contributed by atoms with Gasteiger partial charge in [0, 0.05) is 23.7 Å². The predicted molar refractivity (Wildman–Crippen MR) is 78.8 cm³/mol. The first kappa shape index (κ1) is 13.8. The number of aromatic nitrogens is 2. The third-order valence-electron chi connectivity index (χ3n) is 4.09. The summed E-state index contributed by atoms with van der Waals surface area (Å²) >= 11 is 0. The van der Waals surface area contributed by atoms with Crippen LogP contribution in [0.4, 0.5) is 5.82 Å². The summed E-state index contributed by atoms with van der Waals surface area (Å²) in [6.07, 6.45) is 4.85. The van der Waals surface area contributed by atoms with Crippen LogP contribution in [-0.4, -0.2) is 36.4 Å². The number of aryl methyl sites for hydroxylation is 1. The number of hydrogen-bond donors (Lipinski definition) is 1. The first-order valence-corrected chi connectivity index (χ1v) is 9.25. The molecular weight excluding hydrogens is 274 g/mol. The van der Waals surface area contributed by atoms with E-state index in [1.165, 1.54) is 5.56 Å². The second kappa shape index (κ2) is 5.31. The van der Waals surface area contributed by atoms with Gasteiger partial charge in [-0.2, -0.15) is 0 Å². The van der Waals surface area contributed by atoms with Gasteiger partial charge in [0.05, 0.1) is 11.5 Å². The lowest BCUT2D eigenvalue weighted by Crippen LogP contribution is -2.13. The third kappa shape index (κ3) is 2.66. The van der Waals surface area contributed by atoms with Crippen molar-refractivity contribution < 1.29 is 8.42 Å². The molecule has 1 unspecified atom stereocenters. The van der Waals surface area contributed by atoms with Crippen molar-refractivity contribution in [3.63, 3.8) is 0 Å². The summed E-state index contributed by atoms with van der Waals surface area (Å²) in [4.78, 5) is 9.30. The fourth-order valence-corrected chi connectivity index (χ4v) is 4.76. The summed E-state index contributed by atoms with van der Waals surface area (Å²) in [6.45, 7) is 3.02. The number of hydrogen-bond acceptors (Lipinski definition) is 5. The van der Waals surface area contributed by atoms with Crippen LogP contribution in [0.25, 0.3) is 0 Å². The maximum absolute atomic E-state index is 11.6. The van der Waals surface area contributed by atoms with Crippen LogP contribution in [0.15, 0.2) is 0 Å². The number of nitrogens with one attached hydrogen (secondary N) is 1. The molecule has 0 aromatic carbocycles. The fraction of sp³-hybridized carbons (Fsp3) is 0.714. The lowest BCUT2D eigenvalue weighted by atomic mass is 10.1. The van der Waals surface area contributed by atoms with Crippen LogP contribution < -0.4 is 5.32 Å². The molecule has 1 aromatic rings. The van der Waals surface area contributed by atoms with Crippen LogP contribution in [0.2, 0.25) is 0 Å². The molecule has 0 amide bonds. The average molecular weight is 295 g/mol. The van der Waals surface area contributed by atoms with E-state index < -0.39 is 9.84 Å². The van der Waals surface area contributed by atoms with Gasteiger partial charge in [-0.05, 0) is 32.1 Å². The SMILES string of the molecule is CCCNc1nc(C2CCS(=O)(=O)C2)nc2c1CCC2. The summed E-state index contributed by atoms with van der Waals surface area (Å²) in [5.41, 5.74) is 2.36. The molecule has 5 nitrogen and oxygen atoms in total. The second-order valence-electron chi connectivity index (χ2n) is 5.74. The molecule has 0 bridgehead atoms.